The first-order chi connectivity index (χ1) is 34.5. The molecule has 5 amide bonds. The maximum atomic E-state index is 15.1. The first-order valence-electron chi connectivity index (χ1n) is 25.8. The summed E-state index contributed by atoms with van der Waals surface area (Å²) in [5, 5.41) is 11.2. The van der Waals surface area contributed by atoms with Crippen molar-refractivity contribution in [3.8, 4) is 0 Å². The minimum Gasteiger partial charge on any atom is -0.341 e. The topological polar surface area (TPSA) is 163 Å². The van der Waals surface area contributed by atoms with Crippen molar-refractivity contribution in [2.45, 2.75) is 76.2 Å². The molecular weight excluding hydrogens is 925 g/mol. The molecule has 2 atom stereocenters. The smallest absolute Gasteiger partial charge is 0.272 e. The molecule has 5 heterocycles. The fourth-order valence-corrected chi connectivity index (χ4v) is 11.7. The van der Waals surface area contributed by atoms with E-state index in [2.05, 4.69) is 25.3 Å². The summed E-state index contributed by atoms with van der Waals surface area (Å²) < 4.78 is 15.1. The van der Waals surface area contributed by atoms with Gasteiger partial charge in [0.15, 0.2) is 0 Å². The van der Waals surface area contributed by atoms with Gasteiger partial charge in [0.05, 0.1) is 23.2 Å². The summed E-state index contributed by atoms with van der Waals surface area (Å²) in [4.78, 5) is 91.8. The van der Waals surface area contributed by atoms with Crippen LogP contribution >= 0.6 is 11.6 Å². The van der Waals surface area contributed by atoms with Gasteiger partial charge in [-0.25, -0.2) is 9.49 Å². The summed E-state index contributed by atoms with van der Waals surface area (Å²) in [6.45, 7) is 8.52. The van der Waals surface area contributed by atoms with E-state index in [0.717, 1.165) is 96.1 Å². The van der Waals surface area contributed by atoms with Crippen LogP contribution in [0.3, 0.4) is 0 Å². The number of nitrogens with zero attached hydrogens (tertiary/aromatic N) is 7. The Morgan fingerprint density at radius 1 is 0.704 bits per heavy atom. The lowest BCUT2D eigenvalue weighted by Gasteiger charge is -2.41. The van der Waals surface area contributed by atoms with Crippen molar-refractivity contribution in [2.75, 3.05) is 97.5 Å². The molecule has 4 saturated heterocycles. The van der Waals surface area contributed by atoms with E-state index in [0.29, 0.717) is 98.8 Å². The minimum atomic E-state index is -0.608. The predicted molar refractivity (Wildman–Crippen MR) is 270 cm³/mol. The van der Waals surface area contributed by atoms with Crippen molar-refractivity contribution in [1.82, 2.24) is 44.9 Å². The van der Waals surface area contributed by atoms with Gasteiger partial charge in [-0.3, -0.25) is 33.7 Å². The molecule has 2 N–H and O–H groups in total. The van der Waals surface area contributed by atoms with Gasteiger partial charge >= 0.3 is 0 Å². The van der Waals surface area contributed by atoms with E-state index >= 15 is 4.39 Å². The van der Waals surface area contributed by atoms with Crippen molar-refractivity contribution < 1.29 is 28.4 Å². The van der Waals surface area contributed by atoms with E-state index in [1.165, 1.54) is 6.07 Å². The van der Waals surface area contributed by atoms with E-state index in [1.807, 2.05) is 46.2 Å². The summed E-state index contributed by atoms with van der Waals surface area (Å²) in [7, 11) is 0. The zero-order chi connectivity index (χ0) is 49.4. The lowest BCUT2D eigenvalue weighted by molar-refractivity contribution is -0.137. The summed E-state index contributed by atoms with van der Waals surface area (Å²) in [6.07, 6.45) is 9.05. The number of carbonyl (C=O) groups excluding carboxylic acids is 5. The van der Waals surface area contributed by atoms with Crippen LogP contribution in [-0.2, 0) is 20.8 Å². The number of carbonyl (C=O) groups is 5. The fraction of sp³-hybridized carbons (Fsp3) is 0.537. The van der Waals surface area contributed by atoms with Crippen molar-refractivity contribution in [2.24, 2.45) is 11.8 Å². The molecule has 1 saturated carbocycles. The third-order valence-electron chi connectivity index (χ3n) is 15.8. The van der Waals surface area contributed by atoms with E-state index in [9.17, 15) is 28.8 Å². The molecule has 378 valence electrons. The number of halogens is 2. The van der Waals surface area contributed by atoms with Gasteiger partial charge in [-0.1, -0.05) is 55.7 Å². The lowest BCUT2D eigenvalue weighted by Crippen LogP contribution is -2.55. The van der Waals surface area contributed by atoms with Gasteiger partial charge in [-0.05, 0) is 91.8 Å². The largest absolute Gasteiger partial charge is 0.341 e. The number of likely N-dealkylation sites (tertiary alicyclic amines) is 2. The van der Waals surface area contributed by atoms with Crippen LogP contribution in [-0.4, -0.2) is 173 Å². The molecule has 5 aliphatic rings. The Bertz CT molecular complexity index is 2620. The quantitative estimate of drug-likeness (QED) is 0.173. The average Bonchev–Trinajstić information content (AvgIpc) is 3.42. The Morgan fingerprint density at radius 3 is 2.17 bits per heavy atom. The zero-order valence-corrected chi connectivity index (χ0v) is 41.4. The Morgan fingerprint density at radius 2 is 1.42 bits per heavy atom. The lowest BCUT2D eigenvalue weighted by atomic mass is 9.82. The first-order valence-corrected chi connectivity index (χ1v) is 26.3. The highest BCUT2D eigenvalue weighted by molar-refractivity contribution is 6.27. The molecule has 15 nitrogen and oxygen atoms in total. The summed E-state index contributed by atoms with van der Waals surface area (Å²) >= 11 is 5.86. The van der Waals surface area contributed by atoms with Crippen molar-refractivity contribution in [1.29, 1.82) is 0 Å². The van der Waals surface area contributed by atoms with Gasteiger partial charge in [-0.2, -0.15) is 5.10 Å². The second-order valence-corrected chi connectivity index (χ2v) is 20.6. The molecule has 0 radical (unpaired) electrons. The van der Waals surface area contributed by atoms with Crippen molar-refractivity contribution >= 4 is 51.9 Å². The van der Waals surface area contributed by atoms with Crippen molar-refractivity contribution in [3.63, 3.8) is 0 Å². The number of piperidine rings is 2. The number of fused-ring (bicyclic) bond motifs is 1. The van der Waals surface area contributed by atoms with Gasteiger partial charge in [0.2, 0.25) is 17.7 Å². The highest BCUT2D eigenvalue weighted by Gasteiger charge is 2.37. The summed E-state index contributed by atoms with van der Waals surface area (Å²) in [6, 6.07) is 18.7. The molecule has 9 rings (SSSR count). The van der Waals surface area contributed by atoms with E-state index < -0.39 is 17.8 Å². The van der Waals surface area contributed by atoms with Crippen LogP contribution in [0.15, 0.2) is 71.5 Å². The summed E-state index contributed by atoms with van der Waals surface area (Å²) in [5.74, 6) is -0.605. The van der Waals surface area contributed by atoms with Gasteiger partial charge in [0.1, 0.15) is 17.7 Å². The number of benzene rings is 3. The number of aromatic nitrogens is 2. The van der Waals surface area contributed by atoms with E-state index in [-0.39, 0.29) is 52.5 Å². The van der Waals surface area contributed by atoms with E-state index in [1.54, 1.807) is 34.1 Å². The Labute approximate surface area is 420 Å². The maximum absolute atomic E-state index is 15.1. The molecule has 3 aromatic carbocycles. The number of hydrogen-bond acceptors (Lipinski definition) is 9. The maximum Gasteiger partial charge on any atom is 0.272 e. The standard InChI is InChI=1S/C54H67ClFN9O6/c55-33-48(66)65-19-7-12-42(35-65)40-10-6-11-41(32-40)51(68)57-50(39-8-2-1-3-9-39)54(71)63-20-17-37(18-21-63)34-60-22-24-61(25-23-60)36-49(67)62-26-28-64(29-27-62)53(70)45-30-38(15-16-46(45)56)31-47-43-13-4-5-14-44(43)52(69)59-58-47/h4-6,10-11,13-16,30,32,37,39,42,50H,1-3,7-9,12,17-29,31,33-36H2,(H,57,68)(H,59,69)/t42-,50?/m0/s1. The molecule has 71 heavy (non-hydrogen) atoms. The molecule has 1 aromatic heterocycles. The van der Waals surface area contributed by atoms with Gasteiger partial charge in [-0.15, -0.1) is 11.6 Å². The third-order valence-corrected chi connectivity index (χ3v) is 16.0. The molecular formula is C54H67ClFN9O6. The second kappa shape index (κ2) is 23.2. The molecule has 5 fully saturated rings. The number of aromatic amines is 1. The van der Waals surface area contributed by atoms with Crippen LogP contribution in [0.4, 0.5) is 4.39 Å². The van der Waals surface area contributed by atoms with Crippen LogP contribution < -0.4 is 10.9 Å². The molecule has 1 aliphatic carbocycles. The Balaban J connectivity index is 0.707. The van der Waals surface area contributed by atoms with Crippen LogP contribution in [0, 0.1) is 17.7 Å². The molecule has 0 spiro atoms. The Kier molecular flexibility index (Phi) is 16.4. The first kappa shape index (κ1) is 50.2. The summed E-state index contributed by atoms with van der Waals surface area (Å²) in [5.41, 5.74) is 2.57. The SMILES string of the molecule is O=C(NC(C(=O)N1CCC(CN2CCN(CC(=O)N3CCN(C(=O)c4cc(Cc5n[nH]c(=O)c6ccccc56)ccc4F)CC3)CC2)CC1)C1CCCCC1)c1cccc([C@H]2CCCN(C(=O)CCl)C2)c1. The minimum absolute atomic E-state index is 0.0251. The molecule has 4 aromatic rings. The number of H-pyrrole nitrogens is 1. The number of rotatable bonds is 13. The fourth-order valence-electron chi connectivity index (χ4n) is 11.6. The number of hydrogen-bond donors (Lipinski definition) is 2. The van der Waals surface area contributed by atoms with Crippen molar-refractivity contribution in [3.05, 3.63) is 111 Å². The molecule has 1 unspecified atom stereocenters. The normalized spacial score (nSPS) is 20.5. The van der Waals surface area contributed by atoms with Crippen LogP contribution in [0.5, 0.6) is 0 Å². The number of nitrogens with one attached hydrogen (secondary N) is 2. The molecule has 4 aliphatic heterocycles. The Hall–Kier alpha value is -5.71. The van der Waals surface area contributed by atoms with Gasteiger partial charge < -0.3 is 29.8 Å². The van der Waals surface area contributed by atoms with Crippen LogP contribution in [0.2, 0.25) is 0 Å². The van der Waals surface area contributed by atoms with Crippen LogP contribution in [0.25, 0.3) is 10.8 Å². The van der Waals surface area contributed by atoms with Gasteiger partial charge in [0, 0.05) is 108 Å². The monoisotopic (exact) mass is 991 g/mol. The highest BCUT2D eigenvalue weighted by atomic mass is 35.5. The number of piperazine rings is 2. The second-order valence-electron chi connectivity index (χ2n) is 20.3. The molecule has 17 heteroatoms. The number of alkyl halides is 1. The third kappa shape index (κ3) is 12.1. The average molecular weight is 993 g/mol. The van der Waals surface area contributed by atoms with E-state index in [4.69, 9.17) is 11.6 Å². The van der Waals surface area contributed by atoms with Crippen LogP contribution in [0.1, 0.15) is 101 Å². The predicted octanol–water partition coefficient (Wildman–Crippen LogP) is 5.12. The number of amides is 5. The zero-order valence-electron chi connectivity index (χ0n) is 40.7. The van der Waals surface area contributed by atoms with Gasteiger partial charge in [0.25, 0.3) is 17.4 Å². The highest BCUT2D eigenvalue weighted by Crippen LogP contribution is 2.31. The molecule has 0 bridgehead atoms.